The maximum Gasteiger partial charge on any atom is 0.306 e. The molecule has 2 aromatic heterocycles. The van der Waals surface area contributed by atoms with Crippen molar-refractivity contribution in [3.05, 3.63) is 42.4 Å². The number of nitrogens with zero attached hydrogens (tertiary/aromatic N) is 3. The number of hydrogen-bond donors (Lipinski definition) is 0. The molecule has 96 valence electrons. The standard InChI is InChI=1S/C12H9N3O3S/c1-19(16,17)18-12-6-9(8-15-11(12)7-13)10-4-2-3-5-14-10/h2-6,8H,1H3. The Labute approximate surface area is 110 Å². The molecule has 6 nitrogen and oxygen atoms in total. The zero-order valence-corrected chi connectivity index (χ0v) is 10.8. The van der Waals surface area contributed by atoms with Crippen molar-refractivity contribution in [3.8, 4) is 23.1 Å². The van der Waals surface area contributed by atoms with Gasteiger partial charge in [-0.15, -0.1) is 0 Å². The molecule has 0 amide bonds. The summed E-state index contributed by atoms with van der Waals surface area (Å²) >= 11 is 0. The van der Waals surface area contributed by atoms with E-state index in [1.54, 1.807) is 30.5 Å². The Morgan fingerprint density at radius 2 is 2.11 bits per heavy atom. The zero-order chi connectivity index (χ0) is 13.9. The van der Waals surface area contributed by atoms with E-state index in [2.05, 4.69) is 9.97 Å². The van der Waals surface area contributed by atoms with Crippen LogP contribution in [0, 0.1) is 11.3 Å². The van der Waals surface area contributed by atoms with Crippen molar-refractivity contribution in [1.82, 2.24) is 9.97 Å². The van der Waals surface area contributed by atoms with E-state index in [0.717, 1.165) is 6.26 Å². The number of aromatic nitrogens is 2. The van der Waals surface area contributed by atoms with Crippen molar-refractivity contribution in [3.63, 3.8) is 0 Å². The molecule has 2 aromatic rings. The third kappa shape index (κ3) is 3.26. The first-order valence-electron chi connectivity index (χ1n) is 5.20. The molecule has 0 aliphatic heterocycles. The lowest BCUT2D eigenvalue weighted by atomic mass is 10.1. The molecular formula is C12H9N3O3S. The summed E-state index contributed by atoms with van der Waals surface area (Å²) in [7, 11) is -3.72. The molecule has 19 heavy (non-hydrogen) atoms. The predicted molar refractivity (Wildman–Crippen MR) is 67.7 cm³/mol. The van der Waals surface area contributed by atoms with Gasteiger partial charge in [-0.1, -0.05) is 6.07 Å². The summed E-state index contributed by atoms with van der Waals surface area (Å²) < 4.78 is 27.0. The summed E-state index contributed by atoms with van der Waals surface area (Å²) in [6.07, 6.45) is 3.95. The minimum absolute atomic E-state index is 0.0925. The Balaban J connectivity index is 2.51. The first kappa shape index (κ1) is 13.0. The highest BCUT2D eigenvalue weighted by Gasteiger charge is 2.13. The van der Waals surface area contributed by atoms with E-state index in [-0.39, 0.29) is 11.4 Å². The van der Waals surface area contributed by atoms with Crippen LogP contribution in [0.25, 0.3) is 11.3 Å². The molecule has 0 aromatic carbocycles. The van der Waals surface area contributed by atoms with Gasteiger partial charge in [0, 0.05) is 18.0 Å². The fourth-order valence-electron chi connectivity index (χ4n) is 1.43. The number of hydrogen-bond acceptors (Lipinski definition) is 6. The van der Waals surface area contributed by atoms with Crippen molar-refractivity contribution in [2.45, 2.75) is 0 Å². The molecule has 0 bridgehead atoms. The Kier molecular flexibility index (Phi) is 3.44. The Morgan fingerprint density at radius 3 is 2.68 bits per heavy atom. The molecule has 0 N–H and O–H groups in total. The average molecular weight is 275 g/mol. The molecular weight excluding hydrogens is 266 g/mol. The van der Waals surface area contributed by atoms with Gasteiger partial charge in [-0.2, -0.15) is 13.7 Å². The molecule has 2 rings (SSSR count). The highest BCUT2D eigenvalue weighted by atomic mass is 32.2. The van der Waals surface area contributed by atoms with Gasteiger partial charge in [-0.25, -0.2) is 4.98 Å². The quantitative estimate of drug-likeness (QED) is 0.785. The average Bonchev–Trinajstić information content (AvgIpc) is 2.38. The molecule has 0 aliphatic rings. The van der Waals surface area contributed by atoms with Gasteiger partial charge in [0.25, 0.3) is 0 Å². The molecule has 0 spiro atoms. The summed E-state index contributed by atoms with van der Waals surface area (Å²) in [5.74, 6) is -0.104. The van der Waals surface area contributed by atoms with E-state index in [9.17, 15) is 8.42 Å². The van der Waals surface area contributed by atoms with Gasteiger partial charge in [0.2, 0.25) is 0 Å². The highest BCUT2D eigenvalue weighted by molar-refractivity contribution is 7.86. The second-order valence-corrected chi connectivity index (χ2v) is 5.26. The van der Waals surface area contributed by atoms with Crippen molar-refractivity contribution in [2.75, 3.05) is 6.26 Å². The molecule has 0 fully saturated rings. The van der Waals surface area contributed by atoms with Gasteiger partial charge in [0.1, 0.15) is 6.07 Å². The second kappa shape index (κ2) is 5.04. The number of rotatable bonds is 3. The Hall–Kier alpha value is -2.46. The first-order valence-corrected chi connectivity index (χ1v) is 7.02. The molecule has 0 saturated carbocycles. The monoisotopic (exact) mass is 275 g/mol. The largest absolute Gasteiger partial charge is 0.379 e. The van der Waals surface area contributed by atoms with Gasteiger partial charge in [-0.3, -0.25) is 4.98 Å². The maximum absolute atomic E-state index is 11.1. The van der Waals surface area contributed by atoms with E-state index in [1.165, 1.54) is 12.3 Å². The van der Waals surface area contributed by atoms with Crippen LogP contribution in [-0.4, -0.2) is 24.6 Å². The smallest absolute Gasteiger partial charge is 0.306 e. The van der Waals surface area contributed by atoms with E-state index in [4.69, 9.17) is 9.44 Å². The van der Waals surface area contributed by atoms with Gasteiger partial charge < -0.3 is 4.18 Å². The fourth-order valence-corrected chi connectivity index (χ4v) is 1.88. The SMILES string of the molecule is CS(=O)(=O)Oc1cc(-c2ccccn2)cnc1C#N. The molecule has 2 heterocycles. The van der Waals surface area contributed by atoms with Crippen LogP contribution < -0.4 is 4.18 Å². The second-order valence-electron chi connectivity index (χ2n) is 3.68. The maximum atomic E-state index is 11.1. The zero-order valence-electron chi connectivity index (χ0n) is 9.94. The summed E-state index contributed by atoms with van der Waals surface area (Å²) in [6.45, 7) is 0. The van der Waals surface area contributed by atoms with Crippen LogP contribution in [0.2, 0.25) is 0 Å². The Bertz CT molecular complexity index is 737. The van der Waals surface area contributed by atoms with Crippen molar-refractivity contribution >= 4 is 10.1 Å². The van der Waals surface area contributed by atoms with E-state index >= 15 is 0 Å². The number of nitriles is 1. The first-order chi connectivity index (χ1) is 8.99. The highest BCUT2D eigenvalue weighted by Crippen LogP contribution is 2.24. The summed E-state index contributed by atoms with van der Waals surface area (Å²) in [5.41, 5.74) is 1.08. The topological polar surface area (TPSA) is 92.9 Å². The van der Waals surface area contributed by atoms with Crippen LogP contribution >= 0.6 is 0 Å². The molecule has 7 heteroatoms. The van der Waals surface area contributed by atoms with Crippen LogP contribution in [0.3, 0.4) is 0 Å². The van der Waals surface area contributed by atoms with Crippen LogP contribution in [-0.2, 0) is 10.1 Å². The minimum Gasteiger partial charge on any atom is -0.379 e. The van der Waals surface area contributed by atoms with E-state index in [0.29, 0.717) is 11.3 Å². The molecule has 0 radical (unpaired) electrons. The van der Waals surface area contributed by atoms with E-state index in [1.807, 2.05) is 0 Å². The van der Waals surface area contributed by atoms with Gasteiger partial charge in [0.15, 0.2) is 11.4 Å². The summed E-state index contributed by atoms with van der Waals surface area (Å²) in [4.78, 5) is 7.98. The van der Waals surface area contributed by atoms with Crippen molar-refractivity contribution in [2.24, 2.45) is 0 Å². The third-order valence-electron chi connectivity index (χ3n) is 2.16. The minimum atomic E-state index is -3.72. The molecule has 0 saturated heterocycles. The van der Waals surface area contributed by atoms with Gasteiger partial charge in [-0.05, 0) is 18.2 Å². The lowest BCUT2D eigenvalue weighted by molar-refractivity contribution is 0.491. The Morgan fingerprint density at radius 1 is 1.32 bits per heavy atom. The number of pyridine rings is 2. The molecule has 0 unspecified atom stereocenters. The van der Waals surface area contributed by atoms with Crippen molar-refractivity contribution < 1.29 is 12.6 Å². The van der Waals surface area contributed by atoms with E-state index < -0.39 is 10.1 Å². The lowest BCUT2D eigenvalue weighted by Crippen LogP contribution is -2.07. The predicted octanol–water partition coefficient (Wildman–Crippen LogP) is 1.35. The fraction of sp³-hybridized carbons (Fsp3) is 0.0833. The van der Waals surface area contributed by atoms with Crippen molar-refractivity contribution in [1.29, 1.82) is 5.26 Å². The lowest BCUT2D eigenvalue weighted by Gasteiger charge is -2.06. The van der Waals surface area contributed by atoms with Crippen LogP contribution in [0.1, 0.15) is 5.69 Å². The molecule has 0 aliphatic carbocycles. The van der Waals surface area contributed by atoms with Crippen LogP contribution in [0.15, 0.2) is 36.7 Å². The summed E-state index contributed by atoms with van der Waals surface area (Å²) in [5, 5.41) is 8.87. The van der Waals surface area contributed by atoms with Gasteiger partial charge in [0.05, 0.1) is 11.9 Å². The van der Waals surface area contributed by atoms with Gasteiger partial charge >= 0.3 is 10.1 Å². The normalized spacial score (nSPS) is 10.7. The van der Waals surface area contributed by atoms with Crippen LogP contribution in [0.4, 0.5) is 0 Å². The molecule has 0 atom stereocenters. The third-order valence-corrected chi connectivity index (χ3v) is 2.64. The van der Waals surface area contributed by atoms with Crippen LogP contribution in [0.5, 0.6) is 5.75 Å². The summed E-state index contributed by atoms with van der Waals surface area (Å²) in [6, 6.07) is 8.49.